The van der Waals surface area contributed by atoms with E-state index in [0.29, 0.717) is 12.1 Å². The first-order valence-corrected chi connectivity index (χ1v) is 6.24. The van der Waals surface area contributed by atoms with E-state index in [9.17, 15) is 8.78 Å². The largest absolute Gasteiger partial charge is 0.376 e. The first kappa shape index (κ1) is 13.7. The van der Waals surface area contributed by atoms with E-state index in [1.54, 1.807) is 0 Å². The lowest BCUT2D eigenvalue weighted by Gasteiger charge is -2.11. The second kappa shape index (κ2) is 6.47. The lowest BCUT2D eigenvalue weighted by atomic mass is 10.2. The minimum atomic E-state index is -0.615. The van der Waals surface area contributed by atoms with Crippen molar-refractivity contribution in [2.75, 3.05) is 13.2 Å². The Morgan fingerprint density at radius 1 is 1.37 bits per heavy atom. The zero-order chi connectivity index (χ0) is 13.7. The standard InChI is InChI=1S/C13H17F2N3O/c14-10-4-9(5-11(15)6-10)7-17-13(16)18-8-12-2-1-3-19-12/h4-6,12H,1-3,7-8H2,(H3,16,17,18). The number of hydrogen-bond acceptors (Lipinski definition) is 2. The van der Waals surface area contributed by atoms with Gasteiger partial charge in [-0.05, 0) is 30.5 Å². The van der Waals surface area contributed by atoms with Gasteiger partial charge in [0.1, 0.15) is 11.6 Å². The average Bonchev–Trinajstić information content (AvgIpc) is 2.86. The first-order chi connectivity index (χ1) is 9.13. The van der Waals surface area contributed by atoms with Crippen molar-refractivity contribution in [1.29, 1.82) is 0 Å². The molecule has 1 fully saturated rings. The lowest BCUT2D eigenvalue weighted by molar-refractivity contribution is 0.114. The summed E-state index contributed by atoms with van der Waals surface area (Å²) in [6, 6.07) is 3.30. The number of ether oxygens (including phenoxy) is 1. The van der Waals surface area contributed by atoms with Crippen molar-refractivity contribution in [1.82, 2.24) is 5.32 Å². The molecule has 1 aliphatic heterocycles. The molecule has 1 aromatic carbocycles. The molecule has 1 atom stereocenters. The van der Waals surface area contributed by atoms with Crippen LogP contribution in [0.4, 0.5) is 8.78 Å². The molecular weight excluding hydrogens is 252 g/mol. The van der Waals surface area contributed by atoms with Crippen molar-refractivity contribution in [3.05, 3.63) is 35.4 Å². The van der Waals surface area contributed by atoms with E-state index in [4.69, 9.17) is 10.5 Å². The molecule has 0 radical (unpaired) electrons. The Labute approximate surface area is 110 Å². The molecule has 104 valence electrons. The molecule has 1 heterocycles. The quantitative estimate of drug-likeness (QED) is 0.644. The number of nitrogens with one attached hydrogen (secondary N) is 1. The Morgan fingerprint density at radius 2 is 2.11 bits per heavy atom. The fourth-order valence-electron chi connectivity index (χ4n) is 1.96. The lowest BCUT2D eigenvalue weighted by Crippen LogP contribution is -2.37. The van der Waals surface area contributed by atoms with Gasteiger partial charge in [-0.25, -0.2) is 13.8 Å². The van der Waals surface area contributed by atoms with Gasteiger partial charge in [0.05, 0.1) is 12.6 Å². The van der Waals surface area contributed by atoms with Crippen molar-refractivity contribution in [2.45, 2.75) is 25.5 Å². The third-order valence-electron chi connectivity index (χ3n) is 2.89. The second-order valence-electron chi connectivity index (χ2n) is 4.50. The van der Waals surface area contributed by atoms with Crippen molar-refractivity contribution in [3.8, 4) is 0 Å². The number of hydrogen-bond donors (Lipinski definition) is 2. The van der Waals surface area contributed by atoms with Crippen LogP contribution < -0.4 is 11.1 Å². The first-order valence-electron chi connectivity index (χ1n) is 6.24. The third kappa shape index (κ3) is 4.48. The number of guanidine groups is 1. The van der Waals surface area contributed by atoms with Crippen LogP contribution in [0.3, 0.4) is 0 Å². The highest BCUT2D eigenvalue weighted by molar-refractivity contribution is 5.77. The predicted octanol–water partition coefficient (Wildman–Crippen LogP) is 1.55. The Balaban J connectivity index is 1.82. The highest BCUT2D eigenvalue weighted by atomic mass is 19.1. The maximum atomic E-state index is 13.0. The highest BCUT2D eigenvalue weighted by Gasteiger charge is 2.14. The molecular formula is C13H17F2N3O. The summed E-state index contributed by atoms with van der Waals surface area (Å²) in [4.78, 5) is 4.03. The Hall–Kier alpha value is -1.69. The van der Waals surface area contributed by atoms with Gasteiger partial charge in [-0.15, -0.1) is 0 Å². The molecule has 4 nitrogen and oxygen atoms in total. The minimum absolute atomic E-state index is 0.138. The second-order valence-corrected chi connectivity index (χ2v) is 4.50. The molecule has 0 aromatic heterocycles. The summed E-state index contributed by atoms with van der Waals surface area (Å²) in [5.74, 6) is -0.979. The molecule has 0 saturated carbocycles. The topological polar surface area (TPSA) is 59.6 Å². The van der Waals surface area contributed by atoms with Crippen LogP contribution in [0.25, 0.3) is 0 Å². The third-order valence-corrected chi connectivity index (χ3v) is 2.89. The van der Waals surface area contributed by atoms with Crippen LogP contribution in [0.5, 0.6) is 0 Å². The van der Waals surface area contributed by atoms with Crippen LogP contribution in [-0.2, 0) is 11.3 Å². The zero-order valence-corrected chi connectivity index (χ0v) is 10.5. The molecule has 0 amide bonds. The predicted molar refractivity (Wildman–Crippen MR) is 68.7 cm³/mol. The molecule has 19 heavy (non-hydrogen) atoms. The Morgan fingerprint density at radius 3 is 2.74 bits per heavy atom. The summed E-state index contributed by atoms with van der Waals surface area (Å²) in [6.45, 7) is 1.53. The normalized spacial score (nSPS) is 19.7. The van der Waals surface area contributed by atoms with Crippen LogP contribution in [-0.4, -0.2) is 25.2 Å². The number of nitrogens with zero attached hydrogens (tertiary/aromatic N) is 1. The SMILES string of the molecule is NC(=NCc1cc(F)cc(F)c1)NCC1CCCO1. The zero-order valence-electron chi connectivity index (χ0n) is 10.5. The van der Waals surface area contributed by atoms with Crippen molar-refractivity contribution < 1.29 is 13.5 Å². The summed E-state index contributed by atoms with van der Waals surface area (Å²) in [7, 11) is 0. The number of benzene rings is 1. The minimum Gasteiger partial charge on any atom is -0.376 e. The monoisotopic (exact) mass is 269 g/mol. The summed E-state index contributed by atoms with van der Waals surface area (Å²) >= 11 is 0. The number of aliphatic imine (C=N–C) groups is 1. The fraction of sp³-hybridized carbons (Fsp3) is 0.462. The molecule has 1 aromatic rings. The van der Waals surface area contributed by atoms with Gasteiger partial charge in [-0.1, -0.05) is 0 Å². The van der Waals surface area contributed by atoms with Gasteiger partial charge < -0.3 is 15.8 Å². The van der Waals surface area contributed by atoms with E-state index in [0.717, 1.165) is 25.5 Å². The molecule has 0 spiro atoms. The average molecular weight is 269 g/mol. The van der Waals surface area contributed by atoms with E-state index in [1.165, 1.54) is 12.1 Å². The van der Waals surface area contributed by atoms with E-state index in [1.807, 2.05) is 0 Å². The summed E-state index contributed by atoms with van der Waals surface area (Å²) in [6.07, 6.45) is 2.24. The van der Waals surface area contributed by atoms with Gasteiger partial charge in [0, 0.05) is 19.2 Å². The molecule has 2 rings (SSSR count). The number of rotatable bonds is 4. The summed E-state index contributed by atoms with van der Waals surface area (Å²) < 4.78 is 31.3. The van der Waals surface area contributed by atoms with Crippen LogP contribution in [0.2, 0.25) is 0 Å². The molecule has 6 heteroatoms. The van der Waals surface area contributed by atoms with Gasteiger partial charge >= 0.3 is 0 Å². The molecule has 1 saturated heterocycles. The van der Waals surface area contributed by atoms with Crippen LogP contribution >= 0.6 is 0 Å². The maximum Gasteiger partial charge on any atom is 0.189 e. The molecule has 0 aliphatic carbocycles. The van der Waals surface area contributed by atoms with Gasteiger partial charge in [-0.2, -0.15) is 0 Å². The fourth-order valence-corrected chi connectivity index (χ4v) is 1.96. The van der Waals surface area contributed by atoms with Crippen LogP contribution in [0.15, 0.2) is 23.2 Å². The maximum absolute atomic E-state index is 13.0. The van der Waals surface area contributed by atoms with Crippen molar-refractivity contribution >= 4 is 5.96 Å². The molecule has 1 aliphatic rings. The van der Waals surface area contributed by atoms with Crippen molar-refractivity contribution in [3.63, 3.8) is 0 Å². The highest BCUT2D eigenvalue weighted by Crippen LogP contribution is 2.11. The van der Waals surface area contributed by atoms with E-state index in [2.05, 4.69) is 10.3 Å². The van der Waals surface area contributed by atoms with Crippen molar-refractivity contribution in [2.24, 2.45) is 10.7 Å². The van der Waals surface area contributed by atoms with Gasteiger partial charge in [0.25, 0.3) is 0 Å². The Bertz CT molecular complexity index is 439. The number of nitrogens with two attached hydrogens (primary N) is 1. The molecule has 3 N–H and O–H groups in total. The van der Waals surface area contributed by atoms with E-state index < -0.39 is 11.6 Å². The summed E-state index contributed by atoms with van der Waals surface area (Å²) in [5, 5.41) is 2.94. The molecule has 1 unspecified atom stereocenters. The van der Waals surface area contributed by atoms with Gasteiger partial charge in [0.2, 0.25) is 0 Å². The van der Waals surface area contributed by atoms with Crippen LogP contribution in [0, 0.1) is 11.6 Å². The Kier molecular flexibility index (Phi) is 4.68. The molecule has 0 bridgehead atoms. The van der Waals surface area contributed by atoms with Gasteiger partial charge in [0.15, 0.2) is 5.96 Å². The van der Waals surface area contributed by atoms with Crippen LogP contribution in [0.1, 0.15) is 18.4 Å². The van der Waals surface area contributed by atoms with Gasteiger partial charge in [-0.3, -0.25) is 0 Å². The summed E-state index contributed by atoms with van der Waals surface area (Å²) in [5.41, 5.74) is 6.12. The van der Waals surface area contributed by atoms with E-state index in [-0.39, 0.29) is 18.6 Å². The van der Waals surface area contributed by atoms with E-state index >= 15 is 0 Å². The number of halogens is 2. The smallest absolute Gasteiger partial charge is 0.189 e.